The molecular weight excluding hydrogens is 314 g/mol. The molecule has 1 aliphatic heterocycles. The molecule has 0 aliphatic carbocycles. The van der Waals surface area contributed by atoms with Gasteiger partial charge in [-0.15, -0.1) is 0 Å². The standard InChI is InChI=1S/C20H23N3O2/c1-14-9-10-17(15(2)22-14)20(25)21-12-5-8-19(24)23-13-11-16-6-3-4-7-18(16)23/h3-4,6-7,9-10H,5,8,11-13H2,1-2H3,(H,21,25). The van der Waals surface area contributed by atoms with E-state index in [0.717, 1.165) is 30.0 Å². The molecule has 1 N–H and O–H groups in total. The van der Waals surface area contributed by atoms with E-state index in [0.29, 0.717) is 24.9 Å². The van der Waals surface area contributed by atoms with Gasteiger partial charge in [-0.1, -0.05) is 18.2 Å². The van der Waals surface area contributed by atoms with Crippen molar-refractivity contribution in [3.05, 3.63) is 58.9 Å². The second kappa shape index (κ2) is 7.47. The number of amides is 2. The van der Waals surface area contributed by atoms with E-state index in [9.17, 15) is 9.59 Å². The highest BCUT2D eigenvalue weighted by Gasteiger charge is 2.23. The van der Waals surface area contributed by atoms with Gasteiger partial charge >= 0.3 is 0 Å². The van der Waals surface area contributed by atoms with E-state index >= 15 is 0 Å². The average molecular weight is 337 g/mol. The van der Waals surface area contributed by atoms with Crippen molar-refractivity contribution >= 4 is 17.5 Å². The summed E-state index contributed by atoms with van der Waals surface area (Å²) in [4.78, 5) is 30.8. The topological polar surface area (TPSA) is 62.3 Å². The van der Waals surface area contributed by atoms with Crippen LogP contribution in [0, 0.1) is 13.8 Å². The highest BCUT2D eigenvalue weighted by molar-refractivity contribution is 5.96. The fourth-order valence-corrected chi connectivity index (χ4v) is 3.20. The number of pyridine rings is 1. The molecule has 0 bridgehead atoms. The number of carbonyl (C=O) groups is 2. The zero-order chi connectivity index (χ0) is 17.8. The maximum atomic E-state index is 12.4. The Morgan fingerprint density at radius 2 is 1.96 bits per heavy atom. The molecule has 1 aliphatic rings. The number of anilines is 1. The van der Waals surface area contributed by atoms with Crippen molar-refractivity contribution in [1.29, 1.82) is 0 Å². The van der Waals surface area contributed by atoms with Crippen LogP contribution in [0.2, 0.25) is 0 Å². The Hall–Kier alpha value is -2.69. The smallest absolute Gasteiger partial charge is 0.253 e. The molecule has 0 saturated heterocycles. The highest BCUT2D eigenvalue weighted by atomic mass is 16.2. The van der Waals surface area contributed by atoms with Crippen molar-refractivity contribution in [3.8, 4) is 0 Å². The Bertz CT molecular complexity index is 801. The maximum absolute atomic E-state index is 12.4. The third kappa shape index (κ3) is 3.87. The minimum atomic E-state index is -0.135. The van der Waals surface area contributed by atoms with Gasteiger partial charge in [0.25, 0.3) is 5.91 Å². The number of para-hydroxylation sites is 1. The summed E-state index contributed by atoms with van der Waals surface area (Å²) in [6.45, 7) is 4.96. The second-order valence-corrected chi connectivity index (χ2v) is 6.37. The van der Waals surface area contributed by atoms with Crippen molar-refractivity contribution in [2.24, 2.45) is 0 Å². The molecule has 2 amide bonds. The van der Waals surface area contributed by atoms with E-state index in [1.165, 1.54) is 5.56 Å². The Balaban J connectivity index is 1.47. The van der Waals surface area contributed by atoms with E-state index in [-0.39, 0.29) is 11.8 Å². The third-order valence-electron chi connectivity index (χ3n) is 4.51. The Morgan fingerprint density at radius 1 is 1.16 bits per heavy atom. The quantitative estimate of drug-likeness (QED) is 0.854. The van der Waals surface area contributed by atoms with Crippen LogP contribution in [0.15, 0.2) is 36.4 Å². The number of hydrogen-bond donors (Lipinski definition) is 1. The van der Waals surface area contributed by atoms with Gasteiger partial charge in [0.1, 0.15) is 0 Å². The number of rotatable bonds is 5. The Morgan fingerprint density at radius 3 is 2.76 bits per heavy atom. The van der Waals surface area contributed by atoms with Crippen LogP contribution >= 0.6 is 0 Å². The van der Waals surface area contributed by atoms with Crippen LogP contribution in [0.5, 0.6) is 0 Å². The first-order valence-corrected chi connectivity index (χ1v) is 8.67. The highest BCUT2D eigenvalue weighted by Crippen LogP contribution is 2.27. The number of carbonyl (C=O) groups excluding carboxylic acids is 2. The van der Waals surface area contributed by atoms with Crippen LogP contribution in [-0.4, -0.2) is 29.9 Å². The molecular formula is C20H23N3O2. The lowest BCUT2D eigenvalue weighted by Crippen LogP contribution is -2.30. The molecule has 25 heavy (non-hydrogen) atoms. The van der Waals surface area contributed by atoms with Crippen LogP contribution in [0.1, 0.15) is 40.2 Å². The first kappa shape index (κ1) is 17.1. The number of nitrogens with one attached hydrogen (secondary N) is 1. The van der Waals surface area contributed by atoms with Crippen LogP contribution in [0.25, 0.3) is 0 Å². The molecule has 0 fully saturated rings. The van der Waals surface area contributed by atoms with Crippen molar-refractivity contribution < 1.29 is 9.59 Å². The lowest BCUT2D eigenvalue weighted by molar-refractivity contribution is -0.118. The molecule has 1 aromatic heterocycles. The van der Waals surface area contributed by atoms with Crippen molar-refractivity contribution in [3.63, 3.8) is 0 Å². The van der Waals surface area contributed by atoms with Crippen molar-refractivity contribution in [2.45, 2.75) is 33.1 Å². The lowest BCUT2D eigenvalue weighted by Gasteiger charge is -2.17. The summed E-state index contributed by atoms with van der Waals surface area (Å²) in [6, 6.07) is 11.7. The Labute approximate surface area is 148 Å². The van der Waals surface area contributed by atoms with Gasteiger partial charge in [-0.2, -0.15) is 0 Å². The summed E-state index contributed by atoms with van der Waals surface area (Å²) >= 11 is 0. The predicted octanol–water partition coefficient (Wildman–Crippen LogP) is 2.80. The Kier molecular flexibility index (Phi) is 5.12. The molecule has 5 nitrogen and oxygen atoms in total. The first-order chi connectivity index (χ1) is 12.1. The third-order valence-corrected chi connectivity index (χ3v) is 4.51. The normalized spacial score (nSPS) is 12.8. The number of nitrogens with zero attached hydrogens (tertiary/aromatic N) is 2. The second-order valence-electron chi connectivity index (χ2n) is 6.37. The fourth-order valence-electron chi connectivity index (χ4n) is 3.20. The molecule has 0 atom stereocenters. The zero-order valence-electron chi connectivity index (χ0n) is 14.7. The van der Waals surface area contributed by atoms with Gasteiger partial charge < -0.3 is 10.2 Å². The van der Waals surface area contributed by atoms with E-state index in [2.05, 4.69) is 16.4 Å². The molecule has 3 rings (SSSR count). The molecule has 130 valence electrons. The van der Waals surface area contributed by atoms with Crippen molar-refractivity contribution in [1.82, 2.24) is 10.3 Å². The molecule has 0 unspecified atom stereocenters. The summed E-state index contributed by atoms with van der Waals surface area (Å²) in [5, 5.41) is 2.87. The van der Waals surface area contributed by atoms with E-state index in [4.69, 9.17) is 0 Å². The molecule has 2 aromatic rings. The number of aryl methyl sites for hydroxylation is 2. The molecule has 0 saturated carbocycles. The number of aromatic nitrogens is 1. The largest absolute Gasteiger partial charge is 0.352 e. The fraction of sp³-hybridized carbons (Fsp3) is 0.350. The van der Waals surface area contributed by atoms with Crippen LogP contribution in [-0.2, 0) is 11.2 Å². The summed E-state index contributed by atoms with van der Waals surface area (Å²) in [5.41, 5.74) is 4.46. The predicted molar refractivity (Wildman–Crippen MR) is 97.8 cm³/mol. The van der Waals surface area contributed by atoms with Gasteiger partial charge in [0.15, 0.2) is 0 Å². The molecule has 1 aromatic carbocycles. The van der Waals surface area contributed by atoms with Crippen LogP contribution < -0.4 is 10.2 Å². The van der Waals surface area contributed by atoms with Gasteiger partial charge in [0.2, 0.25) is 5.91 Å². The number of fused-ring (bicyclic) bond motifs is 1. The maximum Gasteiger partial charge on any atom is 0.253 e. The average Bonchev–Trinajstić information content (AvgIpc) is 3.02. The first-order valence-electron chi connectivity index (χ1n) is 8.67. The summed E-state index contributed by atoms with van der Waals surface area (Å²) in [7, 11) is 0. The molecule has 5 heteroatoms. The van der Waals surface area contributed by atoms with Gasteiger partial charge in [0, 0.05) is 30.9 Å². The SMILES string of the molecule is Cc1ccc(C(=O)NCCCC(=O)N2CCc3ccccc32)c(C)n1. The van der Waals surface area contributed by atoms with Gasteiger partial charge in [-0.25, -0.2) is 0 Å². The number of hydrogen-bond acceptors (Lipinski definition) is 3. The lowest BCUT2D eigenvalue weighted by atomic mass is 10.1. The zero-order valence-corrected chi connectivity index (χ0v) is 14.7. The van der Waals surface area contributed by atoms with Gasteiger partial charge in [-0.05, 0) is 50.5 Å². The minimum absolute atomic E-state index is 0.118. The van der Waals surface area contributed by atoms with Gasteiger partial charge in [0.05, 0.1) is 11.3 Å². The molecule has 0 radical (unpaired) electrons. The molecule has 0 spiro atoms. The minimum Gasteiger partial charge on any atom is -0.352 e. The molecule has 2 heterocycles. The van der Waals surface area contributed by atoms with Crippen molar-refractivity contribution in [2.75, 3.05) is 18.0 Å². The summed E-state index contributed by atoms with van der Waals surface area (Å²) < 4.78 is 0. The summed E-state index contributed by atoms with van der Waals surface area (Å²) in [6.07, 6.45) is 1.97. The van der Waals surface area contributed by atoms with E-state index in [1.807, 2.05) is 43.0 Å². The van der Waals surface area contributed by atoms with E-state index in [1.54, 1.807) is 6.07 Å². The summed E-state index contributed by atoms with van der Waals surface area (Å²) in [5.74, 6) is -0.0173. The number of benzene rings is 1. The van der Waals surface area contributed by atoms with Gasteiger partial charge in [-0.3, -0.25) is 14.6 Å². The van der Waals surface area contributed by atoms with E-state index < -0.39 is 0 Å². The van der Waals surface area contributed by atoms with Crippen LogP contribution in [0.4, 0.5) is 5.69 Å². The monoisotopic (exact) mass is 337 g/mol. The van der Waals surface area contributed by atoms with Crippen LogP contribution in [0.3, 0.4) is 0 Å².